The number of amides is 2. The van der Waals surface area contributed by atoms with Crippen molar-refractivity contribution in [3.05, 3.63) is 48.5 Å². The molecule has 0 saturated heterocycles. The van der Waals surface area contributed by atoms with E-state index < -0.39 is 0 Å². The number of aromatic hydroxyl groups is 2. The second-order valence-corrected chi connectivity index (χ2v) is 5.76. The first kappa shape index (κ1) is 18.3. The number of phenols is 2. The van der Waals surface area contributed by atoms with Crippen LogP contribution in [0.1, 0.15) is 32.1 Å². The van der Waals surface area contributed by atoms with Crippen molar-refractivity contribution in [2.24, 2.45) is 0 Å². The van der Waals surface area contributed by atoms with Crippen molar-refractivity contribution >= 4 is 23.2 Å². The van der Waals surface area contributed by atoms with E-state index >= 15 is 0 Å². The van der Waals surface area contributed by atoms with Crippen LogP contribution in [0.2, 0.25) is 0 Å². The standard InChI is InChI=1S/C19H22N2O4/c22-16-8-4-6-14(12-16)20-18(24)10-2-1-3-11-19(25)21-15-7-5-9-17(23)13-15/h4-9,12-13,22-23H,1-3,10-11H2,(H,20,24)(H,21,25). The molecule has 0 aliphatic rings. The maximum atomic E-state index is 11.8. The molecule has 0 spiro atoms. The molecule has 0 atom stereocenters. The van der Waals surface area contributed by atoms with Gasteiger partial charge in [-0.25, -0.2) is 0 Å². The summed E-state index contributed by atoms with van der Waals surface area (Å²) in [5.41, 5.74) is 1.13. The van der Waals surface area contributed by atoms with Gasteiger partial charge in [-0.2, -0.15) is 0 Å². The molecule has 132 valence electrons. The van der Waals surface area contributed by atoms with Gasteiger partial charge >= 0.3 is 0 Å². The number of hydrogen-bond donors (Lipinski definition) is 4. The van der Waals surface area contributed by atoms with Gasteiger partial charge in [0.15, 0.2) is 0 Å². The number of benzene rings is 2. The summed E-state index contributed by atoms with van der Waals surface area (Å²) in [4.78, 5) is 23.6. The second kappa shape index (κ2) is 9.32. The molecule has 0 saturated carbocycles. The molecule has 0 bridgehead atoms. The van der Waals surface area contributed by atoms with Crippen molar-refractivity contribution in [3.63, 3.8) is 0 Å². The first-order chi connectivity index (χ1) is 12.0. The second-order valence-electron chi connectivity index (χ2n) is 5.76. The van der Waals surface area contributed by atoms with Crippen LogP contribution in [-0.2, 0) is 9.59 Å². The van der Waals surface area contributed by atoms with E-state index in [4.69, 9.17) is 0 Å². The van der Waals surface area contributed by atoms with E-state index in [9.17, 15) is 19.8 Å². The van der Waals surface area contributed by atoms with Gasteiger partial charge in [0.1, 0.15) is 11.5 Å². The van der Waals surface area contributed by atoms with E-state index in [1.54, 1.807) is 24.3 Å². The number of carbonyl (C=O) groups is 2. The molecule has 25 heavy (non-hydrogen) atoms. The summed E-state index contributed by atoms with van der Waals surface area (Å²) in [6.45, 7) is 0. The van der Waals surface area contributed by atoms with Crippen LogP contribution in [0.4, 0.5) is 11.4 Å². The number of hydrogen-bond acceptors (Lipinski definition) is 4. The van der Waals surface area contributed by atoms with Crippen LogP contribution in [0, 0.1) is 0 Å². The van der Waals surface area contributed by atoms with Gasteiger partial charge in [-0.05, 0) is 37.1 Å². The van der Waals surface area contributed by atoms with Crippen LogP contribution < -0.4 is 10.6 Å². The highest BCUT2D eigenvalue weighted by Gasteiger charge is 2.05. The number of rotatable bonds is 8. The molecule has 4 N–H and O–H groups in total. The Kier molecular flexibility index (Phi) is 6.83. The summed E-state index contributed by atoms with van der Waals surface area (Å²) in [7, 11) is 0. The maximum Gasteiger partial charge on any atom is 0.224 e. The van der Waals surface area contributed by atoms with Crippen molar-refractivity contribution in [1.29, 1.82) is 0 Å². The topological polar surface area (TPSA) is 98.7 Å². The molecule has 0 aromatic heterocycles. The molecular formula is C19H22N2O4. The molecule has 0 unspecified atom stereocenters. The predicted octanol–water partition coefficient (Wildman–Crippen LogP) is 3.63. The van der Waals surface area contributed by atoms with Crippen LogP contribution >= 0.6 is 0 Å². The normalized spacial score (nSPS) is 10.2. The van der Waals surface area contributed by atoms with Crippen LogP contribution in [0.15, 0.2) is 48.5 Å². The first-order valence-corrected chi connectivity index (χ1v) is 8.21. The van der Waals surface area contributed by atoms with Crippen LogP contribution in [0.25, 0.3) is 0 Å². The zero-order valence-electron chi connectivity index (χ0n) is 13.9. The fourth-order valence-electron chi connectivity index (χ4n) is 2.36. The average molecular weight is 342 g/mol. The molecule has 2 aromatic rings. The molecule has 2 aromatic carbocycles. The predicted molar refractivity (Wildman–Crippen MR) is 96.6 cm³/mol. The van der Waals surface area contributed by atoms with Gasteiger partial charge in [-0.3, -0.25) is 9.59 Å². The quantitative estimate of drug-likeness (QED) is 0.551. The molecule has 0 heterocycles. The molecular weight excluding hydrogens is 320 g/mol. The van der Waals surface area contributed by atoms with Crippen LogP contribution in [0.5, 0.6) is 11.5 Å². The molecule has 2 amide bonds. The van der Waals surface area contributed by atoms with Crippen LogP contribution in [0.3, 0.4) is 0 Å². The van der Waals surface area contributed by atoms with E-state index in [-0.39, 0.29) is 23.3 Å². The third kappa shape index (κ3) is 6.95. The summed E-state index contributed by atoms with van der Waals surface area (Å²) < 4.78 is 0. The van der Waals surface area contributed by atoms with Gasteiger partial charge < -0.3 is 20.8 Å². The molecule has 6 heteroatoms. The number of anilines is 2. The number of nitrogens with one attached hydrogen (secondary N) is 2. The molecule has 0 aliphatic heterocycles. The Labute approximate surface area is 146 Å². The van der Waals surface area contributed by atoms with Gasteiger partial charge in [0.05, 0.1) is 0 Å². The van der Waals surface area contributed by atoms with Gasteiger partial charge in [0.2, 0.25) is 11.8 Å². The lowest BCUT2D eigenvalue weighted by Gasteiger charge is -2.06. The minimum Gasteiger partial charge on any atom is -0.508 e. The van der Waals surface area contributed by atoms with Crippen LogP contribution in [-0.4, -0.2) is 22.0 Å². The molecule has 0 radical (unpaired) electrons. The highest BCUT2D eigenvalue weighted by molar-refractivity contribution is 5.91. The molecule has 6 nitrogen and oxygen atoms in total. The maximum absolute atomic E-state index is 11.8. The SMILES string of the molecule is O=C(CCCCCC(=O)Nc1cccc(O)c1)Nc1cccc(O)c1. The smallest absolute Gasteiger partial charge is 0.224 e. The molecule has 0 aliphatic carbocycles. The van der Waals surface area contributed by atoms with E-state index in [0.717, 1.165) is 6.42 Å². The number of unbranched alkanes of at least 4 members (excludes halogenated alkanes) is 2. The highest BCUT2D eigenvalue weighted by Crippen LogP contribution is 2.17. The summed E-state index contributed by atoms with van der Waals surface area (Å²) in [5.74, 6) is -0.0179. The Morgan fingerprint density at radius 3 is 1.56 bits per heavy atom. The van der Waals surface area contributed by atoms with Gasteiger partial charge in [-0.15, -0.1) is 0 Å². The van der Waals surface area contributed by atoms with Crippen molar-refractivity contribution < 1.29 is 19.8 Å². The lowest BCUT2D eigenvalue weighted by atomic mass is 10.1. The third-order valence-corrected chi connectivity index (χ3v) is 3.57. The summed E-state index contributed by atoms with van der Waals surface area (Å²) >= 11 is 0. The first-order valence-electron chi connectivity index (χ1n) is 8.21. The molecule has 0 fully saturated rings. The lowest BCUT2D eigenvalue weighted by molar-refractivity contribution is -0.116. The minimum absolute atomic E-state index is 0.107. The Morgan fingerprint density at radius 2 is 1.16 bits per heavy atom. The van der Waals surface area contributed by atoms with E-state index in [2.05, 4.69) is 10.6 Å². The monoisotopic (exact) mass is 342 g/mol. The van der Waals surface area contributed by atoms with E-state index in [1.807, 2.05) is 0 Å². The molecule has 2 rings (SSSR count). The average Bonchev–Trinajstić information content (AvgIpc) is 2.54. The zero-order valence-corrected chi connectivity index (χ0v) is 13.9. The highest BCUT2D eigenvalue weighted by atomic mass is 16.3. The Balaban J connectivity index is 1.59. The van der Waals surface area contributed by atoms with Gasteiger partial charge in [-0.1, -0.05) is 18.6 Å². The fraction of sp³-hybridized carbons (Fsp3) is 0.263. The van der Waals surface area contributed by atoms with Gasteiger partial charge in [0, 0.05) is 36.3 Å². The minimum atomic E-state index is -0.116. The van der Waals surface area contributed by atoms with Crippen molar-refractivity contribution in [2.45, 2.75) is 32.1 Å². The number of carbonyl (C=O) groups excluding carboxylic acids is 2. The summed E-state index contributed by atoms with van der Waals surface area (Å²) in [6, 6.07) is 12.8. The van der Waals surface area contributed by atoms with E-state index in [1.165, 1.54) is 24.3 Å². The number of phenolic OH excluding ortho intramolecular Hbond substituents is 2. The van der Waals surface area contributed by atoms with Crippen molar-refractivity contribution in [3.8, 4) is 11.5 Å². The lowest BCUT2D eigenvalue weighted by Crippen LogP contribution is -2.12. The Bertz CT molecular complexity index is 669. The Morgan fingerprint density at radius 1 is 0.720 bits per heavy atom. The van der Waals surface area contributed by atoms with Crippen molar-refractivity contribution in [2.75, 3.05) is 10.6 Å². The van der Waals surface area contributed by atoms with E-state index in [0.29, 0.717) is 37.1 Å². The van der Waals surface area contributed by atoms with Crippen molar-refractivity contribution in [1.82, 2.24) is 0 Å². The summed E-state index contributed by atoms with van der Waals surface area (Å²) in [5, 5.41) is 24.1. The fourth-order valence-corrected chi connectivity index (χ4v) is 2.36. The Hall–Kier alpha value is -3.02. The third-order valence-electron chi connectivity index (χ3n) is 3.57. The largest absolute Gasteiger partial charge is 0.508 e. The zero-order chi connectivity index (χ0) is 18.1. The summed E-state index contributed by atoms with van der Waals surface area (Å²) in [6.07, 6.45) is 2.86. The van der Waals surface area contributed by atoms with Gasteiger partial charge in [0.25, 0.3) is 0 Å².